The molecule has 24 heavy (non-hydrogen) atoms. The smallest absolute Gasteiger partial charge is 0.221 e. The zero-order valence-corrected chi connectivity index (χ0v) is 14.2. The number of carbonyl (C=O) groups is 1. The van der Waals surface area contributed by atoms with Gasteiger partial charge in [-0.3, -0.25) is 9.69 Å². The Morgan fingerprint density at radius 1 is 1.12 bits per heavy atom. The summed E-state index contributed by atoms with van der Waals surface area (Å²) in [6, 6.07) is 17.6. The SMILES string of the molecule is O=C1C[C@H](c2ccccc2)N(CCOc2ccc(Cl)cc2)CCN1. The van der Waals surface area contributed by atoms with Crippen LogP contribution >= 0.6 is 11.6 Å². The standard InChI is InChI=1S/C19H21ClN2O2/c20-16-6-8-17(9-7-16)24-13-12-22-11-10-21-19(23)14-18(22)15-4-2-1-3-5-15/h1-9,18H,10-14H2,(H,21,23)/t18-/m1/s1. The first-order valence-electron chi connectivity index (χ1n) is 8.16. The van der Waals surface area contributed by atoms with Gasteiger partial charge in [-0.1, -0.05) is 41.9 Å². The molecule has 1 aliphatic rings. The van der Waals surface area contributed by atoms with Gasteiger partial charge < -0.3 is 10.1 Å². The van der Waals surface area contributed by atoms with Crippen LogP contribution in [0.15, 0.2) is 54.6 Å². The van der Waals surface area contributed by atoms with E-state index < -0.39 is 0 Å². The van der Waals surface area contributed by atoms with E-state index in [4.69, 9.17) is 16.3 Å². The van der Waals surface area contributed by atoms with Gasteiger partial charge in [0, 0.05) is 37.1 Å². The van der Waals surface area contributed by atoms with Crippen molar-refractivity contribution in [2.24, 2.45) is 0 Å². The molecule has 5 heteroatoms. The molecule has 0 spiro atoms. The van der Waals surface area contributed by atoms with Gasteiger partial charge in [0.25, 0.3) is 0 Å². The number of carbonyl (C=O) groups excluding carboxylic acids is 1. The van der Waals surface area contributed by atoms with Crippen molar-refractivity contribution < 1.29 is 9.53 Å². The summed E-state index contributed by atoms with van der Waals surface area (Å²) in [7, 11) is 0. The van der Waals surface area contributed by atoms with E-state index >= 15 is 0 Å². The van der Waals surface area contributed by atoms with Crippen LogP contribution in [-0.2, 0) is 4.79 Å². The van der Waals surface area contributed by atoms with Crippen LogP contribution in [0.5, 0.6) is 5.75 Å². The van der Waals surface area contributed by atoms with Crippen LogP contribution in [0.25, 0.3) is 0 Å². The van der Waals surface area contributed by atoms with E-state index in [-0.39, 0.29) is 11.9 Å². The number of hydrogen-bond donors (Lipinski definition) is 1. The fraction of sp³-hybridized carbons (Fsp3) is 0.316. The van der Waals surface area contributed by atoms with Crippen molar-refractivity contribution in [3.63, 3.8) is 0 Å². The molecule has 1 amide bonds. The van der Waals surface area contributed by atoms with Crippen molar-refractivity contribution in [3.05, 3.63) is 65.2 Å². The minimum Gasteiger partial charge on any atom is -0.492 e. The average molecular weight is 345 g/mol. The first kappa shape index (κ1) is 16.8. The molecule has 1 fully saturated rings. The second-order valence-electron chi connectivity index (χ2n) is 5.82. The highest BCUT2D eigenvalue weighted by Gasteiger charge is 2.25. The molecule has 0 bridgehead atoms. The van der Waals surface area contributed by atoms with Crippen molar-refractivity contribution >= 4 is 17.5 Å². The number of halogens is 1. The van der Waals surface area contributed by atoms with Crippen LogP contribution in [0, 0.1) is 0 Å². The Bertz CT molecular complexity index is 661. The van der Waals surface area contributed by atoms with Crippen molar-refractivity contribution in [2.75, 3.05) is 26.2 Å². The number of ether oxygens (including phenoxy) is 1. The molecule has 0 radical (unpaired) electrons. The molecule has 3 rings (SSSR count). The minimum absolute atomic E-state index is 0.0857. The predicted molar refractivity (Wildman–Crippen MR) is 95.3 cm³/mol. The largest absolute Gasteiger partial charge is 0.492 e. The van der Waals surface area contributed by atoms with E-state index in [1.807, 2.05) is 42.5 Å². The lowest BCUT2D eigenvalue weighted by molar-refractivity contribution is -0.121. The van der Waals surface area contributed by atoms with E-state index in [0.717, 1.165) is 18.8 Å². The molecule has 1 atom stereocenters. The quantitative estimate of drug-likeness (QED) is 0.905. The van der Waals surface area contributed by atoms with Gasteiger partial charge in [0.2, 0.25) is 5.91 Å². The molecule has 4 nitrogen and oxygen atoms in total. The second kappa shape index (κ2) is 8.18. The monoisotopic (exact) mass is 344 g/mol. The van der Waals surface area contributed by atoms with Crippen molar-refractivity contribution in [1.29, 1.82) is 0 Å². The van der Waals surface area contributed by atoms with Crippen molar-refractivity contribution in [1.82, 2.24) is 10.2 Å². The van der Waals surface area contributed by atoms with Gasteiger partial charge >= 0.3 is 0 Å². The zero-order valence-electron chi connectivity index (χ0n) is 13.5. The Morgan fingerprint density at radius 3 is 2.62 bits per heavy atom. The normalized spacial score (nSPS) is 18.7. The summed E-state index contributed by atoms with van der Waals surface area (Å²) < 4.78 is 5.81. The number of nitrogens with zero attached hydrogens (tertiary/aromatic N) is 1. The van der Waals surface area contributed by atoms with E-state index in [1.165, 1.54) is 5.56 Å². The summed E-state index contributed by atoms with van der Waals surface area (Å²) in [5.74, 6) is 0.907. The maximum atomic E-state index is 12.0. The summed E-state index contributed by atoms with van der Waals surface area (Å²) in [6.45, 7) is 2.81. The fourth-order valence-corrected chi connectivity index (χ4v) is 3.08. The van der Waals surface area contributed by atoms with Gasteiger partial charge in [-0.05, 0) is 29.8 Å². The van der Waals surface area contributed by atoms with Crippen LogP contribution < -0.4 is 10.1 Å². The summed E-state index contributed by atoms with van der Waals surface area (Å²) in [6.07, 6.45) is 0.477. The topological polar surface area (TPSA) is 41.6 Å². The molecule has 0 aromatic heterocycles. The third-order valence-corrected chi connectivity index (χ3v) is 4.44. The van der Waals surface area contributed by atoms with E-state index in [9.17, 15) is 4.79 Å². The molecular weight excluding hydrogens is 324 g/mol. The summed E-state index contributed by atoms with van der Waals surface area (Å²) >= 11 is 5.88. The first-order valence-corrected chi connectivity index (χ1v) is 8.54. The molecule has 1 saturated heterocycles. The molecule has 1 heterocycles. The maximum absolute atomic E-state index is 12.0. The molecule has 1 aliphatic heterocycles. The van der Waals surface area contributed by atoms with Crippen molar-refractivity contribution in [3.8, 4) is 5.75 Å². The number of rotatable bonds is 5. The molecule has 1 N–H and O–H groups in total. The third kappa shape index (κ3) is 4.49. The van der Waals surface area contributed by atoms with E-state index in [2.05, 4.69) is 22.3 Å². The Kier molecular flexibility index (Phi) is 5.72. The highest BCUT2D eigenvalue weighted by molar-refractivity contribution is 6.30. The van der Waals surface area contributed by atoms with E-state index in [0.29, 0.717) is 24.6 Å². The Labute approximate surface area is 147 Å². The zero-order chi connectivity index (χ0) is 16.8. The van der Waals surface area contributed by atoms with Gasteiger partial charge in [-0.15, -0.1) is 0 Å². The van der Waals surface area contributed by atoms with Gasteiger partial charge in [0.15, 0.2) is 0 Å². The van der Waals surface area contributed by atoms with Crippen LogP contribution in [0.2, 0.25) is 5.02 Å². The lowest BCUT2D eigenvalue weighted by atomic mass is 10.0. The van der Waals surface area contributed by atoms with Crippen LogP contribution in [0.4, 0.5) is 0 Å². The molecule has 2 aromatic carbocycles. The van der Waals surface area contributed by atoms with Gasteiger partial charge in [0.05, 0.1) is 0 Å². The number of nitrogens with one attached hydrogen (secondary N) is 1. The lowest BCUT2D eigenvalue weighted by Crippen LogP contribution is -2.34. The highest BCUT2D eigenvalue weighted by atomic mass is 35.5. The summed E-state index contributed by atoms with van der Waals surface area (Å²) in [5, 5.41) is 3.65. The van der Waals surface area contributed by atoms with Gasteiger partial charge in [-0.2, -0.15) is 0 Å². The molecule has 126 valence electrons. The fourth-order valence-electron chi connectivity index (χ4n) is 2.95. The first-order chi connectivity index (χ1) is 11.7. The molecule has 2 aromatic rings. The van der Waals surface area contributed by atoms with E-state index in [1.54, 1.807) is 0 Å². The number of hydrogen-bond acceptors (Lipinski definition) is 3. The molecule has 0 saturated carbocycles. The summed E-state index contributed by atoms with van der Waals surface area (Å²) in [4.78, 5) is 14.3. The molecule has 0 unspecified atom stereocenters. The number of benzene rings is 2. The van der Waals surface area contributed by atoms with Gasteiger partial charge in [0.1, 0.15) is 12.4 Å². The maximum Gasteiger partial charge on any atom is 0.221 e. The van der Waals surface area contributed by atoms with Crippen LogP contribution in [0.1, 0.15) is 18.0 Å². The van der Waals surface area contributed by atoms with Gasteiger partial charge in [-0.25, -0.2) is 0 Å². The minimum atomic E-state index is 0.0857. The summed E-state index contributed by atoms with van der Waals surface area (Å²) in [5.41, 5.74) is 1.17. The highest BCUT2D eigenvalue weighted by Crippen LogP contribution is 2.25. The van der Waals surface area contributed by atoms with Crippen molar-refractivity contribution in [2.45, 2.75) is 12.5 Å². The Hall–Kier alpha value is -2.04. The lowest BCUT2D eigenvalue weighted by Gasteiger charge is -2.29. The average Bonchev–Trinajstić information content (AvgIpc) is 2.79. The Morgan fingerprint density at radius 2 is 1.88 bits per heavy atom. The predicted octanol–water partition coefficient (Wildman–Crippen LogP) is 3.28. The molecular formula is C19H21ClN2O2. The third-order valence-electron chi connectivity index (χ3n) is 4.19. The van der Waals surface area contributed by atoms with Crippen LogP contribution in [0.3, 0.4) is 0 Å². The van der Waals surface area contributed by atoms with Crippen LogP contribution in [-0.4, -0.2) is 37.0 Å². The Balaban J connectivity index is 1.64. The molecule has 0 aliphatic carbocycles. The number of amides is 1. The second-order valence-corrected chi connectivity index (χ2v) is 6.26.